The summed E-state index contributed by atoms with van der Waals surface area (Å²) in [4.78, 5) is 14.2. The molecule has 1 radical (unpaired) electrons. The second-order valence-corrected chi connectivity index (χ2v) is 14.3. The zero-order valence-corrected chi connectivity index (χ0v) is 32.8. The van der Waals surface area contributed by atoms with Crippen molar-refractivity contribution in [2.75, 3.05) is 0 Å². The maximum Gasteiger partial charge on any atom is 0.0847 e. The Morgan fingerprint density at radius 1 is 0.667 bits per heavy atom. The maximum atomic E-state index is 5.82. The third-order valence-electron chi connectivity index (χ3n) is 9.57. The SMILES string of the molecule is Cc1c[c-]c(-c2cc(C)c(C)cn2)cc1C.Cc1cc(-c2ccnc(-c3[c-]c4ccoc4c4nc(C(C)(C)C)ccc34)c2)cc2ccccc12.[Ir]. The van der Waals surface area contributed by atoms with Crippen molar-refractivity contribution in [3.63, 3.8) is 0 Å². The summed E-state index contributed by atoms with van der Waals surface area (Å²) < 4.78 is 5.82. The van der Waals surface area contributed by atoms with Gasteiger partial charge >= 0.3 is 0 Å². The third-order valence-corrected chi connectivity index (χ3v) is 9.57. The van der Waals surface area contributed by atoms with E-state index in [-0.39, 0.29) is 25.5 Å². The van der Waals surface area contributed by atoms with Crippen LogP contribution in [-0.2, 0) is 25.5 Å². The van der Waals surface area contributed by atoms with Crippen LogP contribution in [0.4, 0.5) is 0 Å². The van der Waals surface area contributed by atoms with Gasteiger partial charge in [-0.15, -0.1) is 41.0 Å². The Morgan fingerprint density at radius 3 is 2.22 bits per heavy atom. The van der Waals surface area contributed by atoms with Gasteiger partial charge in [0.15, 0.2) is 0 Å². The fraction of sp³-hybridized carbons (Fsp3) is 0.196. The van der Waals surface area contributed by atoms with E-state index >= 15 is 0 Å². The average Bonchev–Trinajstić information content (AvgIpc) is 3.59. The molecule has 5 heteroatoms. The summed E-state index contributed by atoms with van der Waals surface area (Å²) in [5, 5.41) is 4.43. The van der Waals surface area contributed by atoms with Crippen LogP contribution in [0.3, 0.4) is 0 Å². The monoisotopic (exact) mass is 844 g/mol. The van der Waals surface area contributed by atoms with Crippen molar-refractivity contribution in [1.29, 1.82) is 0 Å². The van der Waals surface area contributed by atoms with E-state index in [1.807, 2.05) is 24.5 Å². The normalized spacial score (nSPS) is 11.4. The number of pyridine rings is 3. The molecule has 0 saturated heterocycles. The summed E-state index contributed by atoms with van der Waals surface area (Å²) in [6, 6.07) is 36.5. The van der Waals surface area contributed by atoms with E-state index in [1.165, 1.54) is 44.2 Å². The van der Waals surface area contributed by atoms with Crippen molar-refractivity contribution in [2.45, 2.75) is 60.8 Å². The van der Waals surface area contributed by atoms with Crippen molar-refractivity contribution in [2.24, 2.45) is 0 Å². The Hall–Kier alpha value is -4.96. The predicted molar refractivity (Wildman–Crippen MR) is 207 cm³/mol. The van der Waals surface area contributed by atoms with E-state index in [2.05, 4.69) is 145 Å². The van der Waals surface area contributed by atoms with Crippen LogP contribution in [0.15, 0.2) is 108 Å². The molecule has 0 N–H and O–H groups in total. The molecule has 0 unspecified atom stereocenters. The topological polar surface area (TPSA) is 51.8 Å². The van der Waals surface area contributed by atoms with Gasteiger partial charge in [0, 0.05) is 61.1 Å². The first-order valence-electron chi connectivity index (χ1n) is 17.1. The minimum atomic E-state index is -0.0566. The number of hydrogen-bond acceptors (Lipinski definition) is 4. The van der Waals surface area contributed by atoms with Crippen LogP contribution in [-0.4, -0.2) is 15.0 Å². The summed E-state index contributed by atoms with van der Waals surface area (Å²) in [5.74, 6) is 0. The Morgan fingerprint density at radius 2 is 1.45 bits per heavy atom. The Balaban J connectivity index is 0.000000222. The maximum absolute atomic E-state index is 5.82. The van der Waals surface area contributed by atoms with Crippen molar-refractivity contribution in [3.05, 3.63) is 149 Å². The Kier molecular flexibility index (Phi) is 10.1. The number of aromatic nitrogens is 3. The smallest absolute Gasteiger partial charge is 0.0847 e. The van der Waals surface area contributed by atoms with Gasteiger partial charge < -0.3 is 9.40 Å². The van der Waals surface area contributed by atoms with E-state index in [4.69, 9.17) is 14.4 Å². The number of fused-ring (bicyclic) bond motifs is 4. The number of benzene rings is 4. The first-order chi connectivity index (χ1) is 24.0. The summed E-state index contributed by atoms with van der Waals surface area (Å²) in [7, 11) is 0. The van der Waals surface area contributed by atoms with Crippen LogP contribution in [0, 0.1) is 46.8 Å². The van der Waals surface area contributed by atoms with Crippen molar-refractivity contribution < 1.29 is 24.5 Å². The third kappa shape index (κ3) is 7.28. The molecule has 0 aliphatic carbocycles. The molecule has 0 aliphatic heterocycles. The van der Waals surface area contributed by atoms with Crippen LogP contribution < -0.4 is 0 Å². The van der Waals surface area contributed by atoms with E-state index in [9.17, 15) is 0 Å². The molecule has 0 aliphatic rings. The van der Waals surface area contributed by atoms with Gasteiger partial charge in [0.2, 0.25) is 0 Å². The van der Waals surface area contributed by atoms with Gasteiger partial charge in [-0.3, -0.25) is 9.97 Å². The molecule has 4 nitrogen and oxygen atoms in total. The van der Waals surface area contributed by atoms with Gasteiger partial charge in [-0.25, -0.2) is 0 Å². The standard InChI is InChI=1S/C31H25N2O.C15H16N.Ir/c1-19-15-23(16-21-7-5-6-8-24(19)21)20-11-13-32-27(18-20)26-17-22-12-14-34-30(22)29-25(26)9-10-28(33-29)31(2,3)4;1-10-5-6-14(7-11(10)2)15-8-12(3)13(4)9-16-15;/h5-16,18H,1-4H3;5,7-9H,1-4H3;/q2*-1;. The van der Waals surface area contributed by atoms with Gasteiger partial charge in [-0.1, -0.05) is 111 Å². The fourth-order valence-electron chi connectivity index (χ4n) is 6.25. The van der Waals surface area contributed by atoms with E-state index in [1.54, 1.807) is 6.26 Å². The van der Waals surface area contributed by atoms with Crippen LogP contribution in [0.2, 0.25) is 0 Å². The molecule has 0 bridgehead atoms. The number of rotatable bonds is 3. The van der Waals surface area contributed by atoms with Gasteiger partial charge in [0.05, 0.1) is 5.58 Å². The van der Waals surface area contributed by atoms with E-state index in [0.717, 1.165) is 55.6 Å². The molecular weight excluding hydrogens is 803 g/mol. The summed E-state index contributed by atoms with van der Waals surface area (Å²) in [5.41, 5.74) is 15.1. The molecule has 51 heavy (non-hydrogen) atoms. The average molecular weight is 844 g/mol. The van der Waals surface area contributed by atoms with Gasteiger partial charge in [0.1, 0.15) is 0 Å². The molecular formula is C46H41IrN3O-2. The molecule has 4 heterocycles. The van der Waals surface area contributed by atoms with Crippen LogP contribution >= 0.6 is 0 Å². The Labute approximate surface area is 314 Å². The molecule has 0 fully saturated rings. The second kappa shape index (κ2) is 14.3. The largest absolute Gasteiger partial charge is 0.506 e. The van der Waals surface area contributed by atoms with Crippen LogP contribution in [0.25, 0.3) is 66.3 Å². The quantitative estimate of drug-likeness (QED) is 0.166. The van der Waals surface area contributed by atoms with Crippen LogP contribution in [0.1, 0.15) is 54.3 Å². The van der Waals surface area contributed by atoms with E-state index < -0.39 is 0 Å². The molecule has 8 rings (SSSR count). The molecule has 0 atom stereocenters. The van der Waals surface area contributed by atoms with Crippen molar-refractivity contribution in [1.82, 2.24) is 15.0 Å². The summed E-state index contributed by atoms with van der Waals surface area (Å²) in [6.07, 6.45) is 5.51. The van der Waals surface area contributed by atoms with Crippen molar-refractivity contribution >= 4 is 32.6 Å². The molecule has 257 valence electrons. The summed E-state index contributed by atoms with van der Waals surface area (Å²) in [6.45, 7) is 17.1. The van der Waals surface area contributed by atoms with Gasteiger partial charge in [-0.05, 0) is 77.7 Å². The molecule has 4 aromatic heterocycles. The molecule has 0 spiro atoms. The zero-order valence-electron chi connectivity index (χ0n) is 30.4. The zero-order chi connectivity index (χ0) is 35.2. The van der Waals surface area contributed by atoms with Gasteiger partial charge in [0.25, 0.3) is 0 Å². The number of nitrogens with zero attached hydrogens (tertiary/aromatic N) is 3. The summed E-state index contributed by atoms with van der Waals surface area (Å²) >= 11 is 0. The molecule has 0 amide bonds. The minimum absolute atomic E-state index is 0. The second-order valence-electron chi connectivity index (χ2n) is 14.3. The predicted octanol–water partition coefficient (Wildman–Crippen LogP) is 12.0. The number of hydrogen-bond donors (Lipinski definition) is 0. The number of furan rings is 1. The molecule has 4 aromatic carbocycles. The minimum Gasteiger partial charge on any atom is -0.506 e. The Bertz CT molecular complexity index is 2490. The van der Waals surface area contributed by atoms with Crippen molar-refractivity contribution in [3.8, 4) is 33.6 Å². The van der Waals surface area contributed by atoms with E-state index in [0.29, 0.717) is 0 Å². The van der Waals surface area contributed by atoms with Gasteiger partial charge in [-0.2, -0.15) is 0 Å². The molecule has 8 aromatic rings. The first-order valence-corrected chi connectivity index (χ1v) is 17.1. The first kappa shape index (κ1) is 35.9. The fourth-order valence-corrected chi connectivity index (χ4v) is 6.25. The molecule has 0 saturated carbocycles. The number of aryl methyl sites for hydroxylation is 5. The van der Waals surface area contributed by atoms with Crippen LogP contribution in [0.5, 0.6) is 0 Å².